The maximum absolute atomic E-state index is 14.4. The van der Waals surface area contributed by atoms with E-state index < -0.39 is 28.9 Å². The van der Waals surface area contributed by atoms with E-state index in [-0.39, 0.29) is 29.5 Å². The Hall–Kier alpha value is -5.31. The number of ether oxygens (including phenoxy) is 3. The molecule has 5 amide bonds. The molecule has 0 radical (unpaired) electrons. The number of anilines is 1. The first-order valence-electron chi connectivity index (χ1n) is 16.0. The molecule has 2 aliphatic rings. The van der Waals surface area contributed by atoms with E-state index in [1.165, 1.54) is 6.07 Å². The van der Waals surface area contributed by atoms with Crippen LogP contribution in [0.5, 0.6) is 23.0 Å². The molecule has 3 heterocycles. The molecule has 0 bridgehead atoms. The van der Waals surface area contributed by atoms with Crippen LogP contribution < -0.4 is 30.3 Å². The molecule has 4 aromatic rings. The summed E-state index contributed by atoms with van der Waals surface area (Å²) in [6.45, 7) is 5.04. The minimum atomic E-state index is -0.844. The van der Waals surface area contributed by atoms with E-state index in [9.17, 15) is 23.2 Å². The number of aromatic nitrogens is 1. The number of halogens is 2. The quantitative estimate of drug-likeness (QED) is 0.178. The van der Waals surface area contributed by atoms with Crippen molar-refractivity contribution >= 4 is 46.3 Å². The smallest absolute Gasteiger partial charge is 0.338 e. The van der Waals surface area contributed by atoms with E-state index >= 15 is 0 Å². The van der Waals surface area contributed by atoms with Gasteiger partial charge in [-0.05, 0) is 56.3 Å². The molecule has 15 heteroatoms. The summed E-state index contributed by atoms with van der Waals surface area (Å²) in [6, 6.07) is 14.3. The summed E-state index contributed by atoms with van der Waals surface area (Å²) >= 11 is 1.12. The van der Waals surface area contributed by atoms with Gasteiger partial charge in [-0.1, -0.05) is 6.07 Å². The maximum atomic E-state index is 14.4. The molecule has 0 aliphatic carbocycles. The summed E-state index contributed by atoms with van der Waals surface area (Å²) in [4.78, 5) is 43.9. The van der Waals surface area contributed by atoms with Crippen LogP contribution in [0.4, 0.5) is 24.1 Å². The topological polar surface area (TPSA) is 134 Å². The van der Waals surface area contributed by atoms with E-state index in [0.29, 0.717) is 65.5 Å². The first-order chi connectivity index (χ1) is 24.1. The highest BCUT2D eigenvalue weighted by molar-refractivity contribution is 8.00. The molecule has 2 fully saturated rings. The second-order valence-electron chi connectivity index (χ2n) is 12.0. The van der Waals surface area contributed by atoms with Crippen LogP contribution in [-0.4, -0.2) is 71.0 Å². The van der Waals surface area contributed by atoms with Gasteiger partial charge >= 0.3 is 12.1 Å². The van der Waals surface area contributed by atoms with Crippen molar-refractivity contribution in [3.8, 4) is 23.0 Å². The van der Waals surface area contributed by atoms with Crippen molar-refractivity contribution in [1.29, 1.82) is 0 Å². The third kappa shape index (κ3) is 7.94. The molecule has 12 nitrogen and oxygen atoms in total. The van der Waals surface area contributed by atoms with Crippen molar-refractivity contribution < 1.29 is 37.4 Å². The van der Waals surface area contributed by atoms with E-state index in [1.807, 2.05) is 26.0 Å². The fourth-order valence-electron chi connectivity index (χ4n) is 5.64. The molecule has 1 unspecified atom stereocenters. The molecule has 50 heavy (non-hydrogen) atoms. The third-order valence-electron chi connectivity index (χ3n) is 8.08. The van der Waals surface area contributed by atoms with Crippen LogP contribution in [0.25, 0.3) is 10.9 Å². The predicted octanol–water partition coefficient (Wildman–Crippen LogP) is 6.59. The first-order valence-corrected chi connectivity index (χ1v) is 17.1. The number of carbonyl (C=O) groups is 3. The van der Waals surface area contributed by atoms with Crippen molar-refractivity contribution in [1.82, 2.24) is 25.6 Å². The molecule has 3 N–H and O–H groups in total. The number of thioether (sulfide) groups is 1. The molecular weight excluding hydrogens is 670 g/mol. The number of rotatable bonds is 9. The molecule has 0 saturated carbocycles. The van der Waals surface area contributed by atoms with Crippen LogP contribution in [-0.2, 0) is 4.79 Å². The van der Waals surface area contributed by atoms with Crippen LogP contribution >= 0.6 is 11.8 Å². The summed E-state index contributed by atoms with van der Waals surface area (Å²) < 4.78 is 46.0. The Labute approximate surface area is 291 Å². The van der Waals surface area contributed by atoms with Gasteiger partial charge in [0.25, 0.3) is 5.91 Å². The van der Waals surface area contributed by atoms with E-state index in [0.717, 1.165) is 28.9 Å². The van der Waals surface area contributed by atoms with Gasteiger partial charge in [0.2, 0.25) is 0 Å². The summed E-state index contributed by atoms with van der Waals surface area (Å²) in [5.74, 6) is 0.121. The van der Waals surface area contributed by atoms with Crippen molar-refractivity contribution in [2.24, 2.45) is 0 Å². The van der Waals surface area contributed by atoms with Crippen LogP contribution in [0.2, 0.25) is 0 Å². The molecule has 262 valence electrons. The lowest BCUT2D eigenvalue weighted by Crippen LogP contribution is -2.48. The van der Waals surface area contributed by atoms with Gasteiger partial charge in [-0.2, -0.15) is 0 Å². The van der Waals surface area contributed by atoms with E-state index in [1.54, 1.807) is 48.5 Å². The van der Waals surface area contributed by atoms with Gasteiger partial charge in [-0.25, -0.2) is 28.8 Å². The molecule has 0 spiro atoms. The summed E-state index contributed by atoms with van der Waals surface area (Å²) in [6.07, 6.45) is 2.90. The van der Waals surface area contributed by atoms with E-state index in [4.69, 9.17) is 14.2 Å². The number of nitrogens with zero attached hydrogens (tertiary/aromatic N) is 3. The Balaban J connectivity index is 1.08. The zero-order chi connectivity index (χ0) is 35.4. The first kappa shape index (κ1) is 34.5. The number of amides is 5. The standard InChI is InChI=1S/C35H36F2N6O6S/c1-20(2)39-35(46)42-14-11-24(12-15-42)49-31-18-28-26(17-30(31)47-3)29(10-13-38-28)48-23-7-5-22(6-8-23)40-34(45)41-43-32(44)19-50-33(43)25-9-4-21(36)16-27(25)37/h4-10,13,16-18,20,24,33H,11-12,14-15,19H2,1-3H3,(H,39,46)(H2,40,41,45). The van der Waals surface area contributed by atoms with Crippen molar-refractivity contribution in [2.45, 2.75) is 44.2 Å². The second-order valence-corrected chi connectivity index (χ2v) is 13.1. The third-order valence-corrected chi connectivity index (χ3v) is 9.27. The van der Waals surface area contributed by atoms with Crippen molar-refractivity contribution in [3.63, 3.8) is 0 Å². The lowest BCUT2D eigenvalue weighted by molar-refractivity contribution is -0.130. The Morgan fingerprint density at radius 2 is 1.74 bits per heavy atom. The Morgan fingerprint density at radius 3 is 2.44 bits per heavy atom. The second kappa shape index (κ2) is 15.1. The number of hydrogen-bond donors (Lipinski definition) is 3. The SMILES string of the molecule is COc1cc2c(Oc3ccc(NC(=O)NN4C(=O)CSC4c4ccc(F)cc4F)cc3)ccnc2cc1OC1CCN(C(=O)NC(C)C)CC1. The molecule has 3 aromatic carbocycles. The van der Waals surface area contributed by atoms with Gasteiger partial charge < -0.3 is 29.7 Å². The minimum Gasteiger partial charge on any atom is -0.493 e. The Kier molecular flexibility index (Phi) is 10.4. The number of hydrogen-bond acceptors (Lipinski definition) is 8. The Bertz CT molecular complexity index is 1890. The normalized spacial score (nSPS) is 16.4. The maximum Gasteiger partial charge on any atom is 0.338 e. The summed E-state index contributed by atoms with van der Waals surface area (Å²) in [5.41, 5.74) is 3.60. The van der Waals surface area contributed by atoms with Crippen LogP contribution in [0.15, 0.2) is 66.9 Å². The predicted molar refractivity (Wildman–Crippen MR) is 184 cm³/mol. The number of hydrazine groups is 1. The van der Waals surface area contributed by atoms with Crippen molar-refractivity contribution in [2.75, 3.05) is 31.3 Å². The molecular formula is C35H36F2N6O6S. The summed E-state index contributed by atoms with van der Waals surface area (Å²) in [7, 11) is 1.56. The highest BCUT2D eigenvalue weighted by atomic mass is 32.2. The van der Waals surface area contributed by atoms with E-state index in [2.05, 4.69) is 21.0 Å². The number of nitrogens with one attached hydrogen (secondary N) is 3. The fourth-order valence-corrected chi connectivity index (χ4v) is 6.77. The number of piperidine rings is 1. The number of benzene rings is 3. The molecule has 1 atom stereocenters. The number of carbonyl (C=O) groups excluding carboxylic acids is 3. The van der Waals surface area contributed by atoms with Crippen LogP contribution in [0, 0.1) is 11.6 Å². The van der Waals surface area contributed by atoms with Gasteiger partial charge in [-0.3, -0.25) is 9.78 Å². The van der Waals surface area contributed by atoms with Gasteiger partial charge in [0.05, 0.1) is 18.4 Å². The van der Waals surface area contributed by atoms with Gasteiger partial charge in [0.15, 0.2) is 11.5 Å². The molecule has 6 rings (SSSR count). The van der Waals surface area contributed by atoms with Crippen molar-refractivity contribution in [3.05, 3.63) is 84.1 Å². The zero-order valence-corrected chi connectivity index (χ0v) is 28.4. The largest absolute Gasteiger partial charge is 0.493 e. The fraction of sp³-hybridized carbons (Fsp3) is 0.314. The highest BCUT2D eigenvalue weighted by Crippen LogP contribution is 2.40. The molecule has 2 saturated heterocycles. The average Bonchev–Trinajstić information content (AvgIpc) is 3.44. The number of pyridine rings is 1. The average molecular weight is 707 g/mol. The van der Waals surface area contributed by atoms with Crippen LogP contribution in [0.3, 0.4) is 0 Å². The number of urea groups is 2. The lowest BCUT2D eigenvalue weighted by Gasteiger charge is -2.33. The number of likely N-dealkylation sites (tertiary alicyclic amines) is 1. The van der Waals surface area contributed by atoms with Crippen LogP contribution in [0.1, 0.15) is 37.6 Å². The lowest BCUT2D eigenvalue weighted by atomic mass is 10.1. The van der Waals surface area contributed by atoms with Gasteiger partial charge in [0.1, 0.15) is 34.6 Å². The number of fused-ring (bicyclic) bond motifs is 1. The zero-order valence-electron chi connectivity index (χ0n) is 27.6. The molecule has 1 aromatic heterocycles. The Morgan fingerprint density at radius 1 is 0.980 bits per heavy atom. The number of methoxy groups -OCH3 is 1. The highest BCUT2D eigenvalue weighted by Gasteiger charge is 2.36. The molecule has 2 aliphatic heterocycles. The monoisotopic (exact) mass is 706 g/mol. The minimum absolute atomic E-state index is 0.0248. The van der Waals surface area contributed by atoms with Gasteiger partial charge in [0, 0.05) is 66.9 Å². The van der Waals surface area contributed by atoms with Gasteiger partial charge in [-0.15, -0.1) is 11.8 Å². The summed E-state index contributed by atoms with van der Waals surface area (Å²) in [5, 5.41) is 6.46.